The van der Waals surface area contributed by atoms with Gasteiger partial charge < -0.3 is 16.4 Å². The first-order chi connectivity index (χ1) is 7.25. The number of carbonyl (C=O) groups excluding carboxylic acids is 1. The Morgan fingerprint density at radius 3 is 3.07 bits per heavy atom. The molecule has 1 aromatic rings. The molecule has 1 aromatic carbocycles. The van der Waals surface area contributed by atoms with Crippen molar-refractivity contribution in [2.24, 2.45) is 0 Å². The number of nitrogen functional groups attached to an aromatic ring is 1. The molecular weight excluding hydrogens is 190 g/mol. The normalized spacial score (nSPS) is 20.8. The lowest BCUT2D eigenvalue weighted by atomic mass is 10.1. The van der Waals surface area contributed by atoms with Gasteiger partial charge in [0.05, 0.1) is 0 Å². The van der Waals surface area contributed by atoms with Crippen molar-refractivity contribution in [3.63, 3.8) is 0 Å². The van der Waals surface area contributed by atoms with E-state index in [4.69, 9.17) is 5.73 Å². The molecule has 1 aliphatic rings. The average Bonchev–Trinajstić information content (AvgIpc) is 2.22. The van der Waals surface area contributed by atoms with Gasteiger partial charge in [-0.05, 0) is 31.0 Å². The molecule has 4 heteroatoms. The predicted molar refractivity (Wildman–Crippen MR) is 60.5 cm³/mol. The van der Waals surface area contributed by atoms with Gasteiger partial charge in [0.1, 0.15) is 6.04 Å². The summed E-state index contributed by atoms with van der Waals surface area (Å²) in [5.41, 5.74) is 7.26. The molecule has 4 nitrogen and oxygen atoms in total. The van der Waals surface area contributed by atoms with Gasteiger partial charge in [-0.2, -0.15) is 0 Å². The number of hydrogen-bond donors (Lipinski definition) is 3. The summed E-state index contributed by atoms with van der Waals surface area (Å²) >= 11 is 0. The fourth-order valence-corrected chi connectivity index (χ4v) is 1.74. The Bertz CT molecular complexity index is 365. The molecule has 1 heterocycles. The van der Waals surface area contributed by atoms with Crippen LogP contribution in [0.3, 0.4) is 0 Å². The molecule has 1 unspecified atom stereocenters. The van der Waals surface area contributed by atoms with Crippen LogP contribution in [-0.2, 0) is 4.79 Å². The third-order valence-corrected chi connectivity index (χ3v) is 2.51. The highest BCUT2D eigenvalue weighted by Gasteiger charge is 2.21. The number of piperidine rings is 1. The summed E-state index contributed by atoms with van der Waals surface area (Å²) in [6, 6.07) is 7.32. The molecule has 1 aliphatic heterocycles. The van der Waals surface area contributed by atoms with Gasteiger partial charge in [-0.1, -0.05) is 6.07 Å². The van der Waals surface area contributed by atoms with Crippen LogP contribution >= 0.6 is 0 Å². The van der Waals surface area contributed by atoms with Crippen molar-refractivity contribution < 1.29 is 4.79 Å². The van der Waals surface area contributed by atoms with Crippen molar-refractivity contribution in [2.45, 2.75) is 18.9 Å². The van der Waals surface area contributed by atoms with E-state index in [0.29, 0.717) is 5.69 Å². The monoisotopic (exact) mass is 205 g/mol. The van der Waals surface area contributed by atoms with Gasteiger partial charge in [0, 0.05) is 17.9 Å². The molecule has 1 atom stereocenters. The zero-order valence-corrected chi connectivity index (χ0v) is 8.49. The molecule has 0 aromatic heterocycles. The van der Waals surface area contributed by atoms with Crippen molar-refractivity contribution in [3.8, 4) is 0 Å². The molecular formula is C11H15N3O. The minimum atomic E-state index is -0.124. The van der Waals surface area contributed by atoms with E-state index < -0.39 is 0 Å². The van der Waals surface area contributed by atoms with E-state index in [1.165, 1.54) is 0 Å². The second-order valence-corrected chi connectivity index (χ2v) is 3.76. The Morgan fingerprint density at radius 1 is 1.47 bits per heavy atom. The first kappa shape index (κ1) is 9.83. The summed E-state index contributed by atoms with van der Waals surface area (Å²) in [6.45, 7) is 0.786. The highest BCUT2D eigenvalue weighted by Crippen LogP contribution is 2.15. The highest BCUT2D eigenvalue weighted by atomic mass is 16.2. The maximum absolute atomic E-state index is 11.5. The van der Waals surface area contributed by atoms with E-state index in [1.54, 1.807) is 0 Å². The Labute approximate surface area is 88.9 Å². The van der Waals surface area contributed by atoms with Crippen LogP contribution in [0.4, 0.5) is 11.4 Å². The highest BCUT2D eigenvalue weighted by molar-refractivity contribution is 5.85. The van der Waals surface area contributed by atoms with Gasteiger partial charge in [-0.25, -0.2) is 0 Å². The smallest absolute Gasteiger partial charge is 0.242 e. The van der Waals surface area contributed by atoms with Gasteiger partial charge in [-0.15, -0.1) is 0 Å². The van der Waals surface area contributed by atoms with Crippen LogP contribution < -0.4 is 16.4 Å². The van der Waals surface area contributed by atoms with Gasteiger partial charge in [0.25, 0.3) is 0 Å². The lowest BCUT2D eigenvalue weighted by Crippen LogP contribution is -2.44. The first-order valence-corrected chi connectivity index (χ1v) is 5.15. The van der Waals surface area contributed by atoms with Crippen LogP contribution in [0, 0.1) is 0 Å². The minimum Gasteiger partial charge on any atom is -0.399 e. The van der Waals surface area contributed by atoms with Gasteiger partial charge in [0.15, 0.2) is 0 Å². The van der Waals surface area contributed by atoms with Crippen molar-refractivity contribution in [1.82, 2.24) is 5.32 Å². The van der Waals surface area contributed by atoms with Crippen molar-refractivity contribution in [2.75, 3.05) is 17.6 Å². The van der Waals surface area contributed by atoms with Gasteiger partial charge in [0.2, 0.25) is 5.91 Å². The van der Waals surface area contributed by atoms with E-state index in [-0.39, 0.29) is 11.9 Å². The average molecular weight is 205 g/mol. The maximum Gasteiger partial charge on any atom is 0.242 e. The molecule has 0 saturated carbocycles. The van der Waals surface area contributed by atoms with Crippen LogP contribution in [-0.4, -0.2) is 18.5 Å². The lowest BCUT2D eigenvalue weighted by molar-refractivity contribution is -0.123. The summed E-state index contributed by atoms with van der Waals surface area (Å²) in [4.78, 5) is 11.5. The number of nitrogens with one attached hydrogen (secondary N) is 2. The maximum atomic E-state index is 11.5. The van der Waals surface area contributed by atoms with E-state index in [9.17, 15) is 4.79 Å². The fraction of sp³-hybridized carbons (Fsp3) is 0.364. The summed E-state index contributed by atoms with van der Waals surface area (Å²) in [6.07, 6.45) is 1.90. The van der Waals surface area contributed by atoms with Crippen LogP contribution in [0.25, 0.3) is 0 Å². The van der Waals surface area contributed by atoms with Gasteiger partial charge >= 0.3 is 0 Å². The first-order valence-electron chi connectivity index (χ1n) is 5.15. The van der Waals surface area contributed by atoms with Crippen LogP contribution in [0.1, 0.15) is 12.8 Å². The minimum absolute atomic E-state index is 0.0728. The predicted octanol–water partition coefficient (Wildman–Crippen LogP) is 0.959. The Balaban J connectivity index is 2.04. The number of benzene rings is 1. The van der Waals surface area contributed by atoms with Crippen molar-refractivity contribution >= 4 is 17.3 Å². The van der Waals surface area contributed by atoms with Crippen molar-refractivity contribution in [1.29, 1.82) is 0 Å². The molecule has 0 radical (unpaired) electrons. The standard InChI is InChI=1S/C11H15N3O/c12-8-3-1-4-9(7-8)14-10-5-2-6-13-11(10)15/h1,3-4,7,10,14H,2,5-6,12H2,(H,13,15). The van der Waals surface area contributed by atoms with E-state index >= 15 is 0 Å². The zero-order chi connectivity index (χ0) is 10.7. The topological polar surface area (TPSA) is 67.2 Å². The van der Waals surface area contributed by atoms with Crippen LogP contribution in [0.5, 0.6) is 0 Å². The van der Waals surface area contributed by atoms with Gasteiger partial charge in [-0.3, -0.25) is 4.79 Å². The fourth-order valence-electron chi connectivity index (χ4n) is 1.74. The van der Waals surface area contributed by atoms with Crippen molar-refractivity contribution in [3.05, 3.63) is 24.3 Å². The molecule has 0 aliphatic carbocycles. The summed E-state index contributed by atoms with van der Waals surface area (Å²) < 4.78 is 0. The number of nitrogens with two attached hydrogens (primary N) is 1. The molecule has 1 saturated heterocycles. The molecule has 1 amide bonds. The van der Waals surface area contributed by atoms with E-state index in [2.05, 4.69) is 10.6 Å². The summed E-state index contributed by atoms with van der Waals surface area (Å²) in [5, 5.41) is 6.01. The second kappa shape index (κ2) is 4.21. The quantitative estimate of drug-likeness (QED) is 0.630. The molecule has 80 valence electrons. The van der Waals surface area contributed by atoms with E-state index in [1.807, 2.05) is 24.3 Å². The summed E-state index contributed by atoms with van der Waals surface area (Å²) in [5.74, 6) is 0.0728. The zero-order valence-electron chi connectivity index (χ0n) is 8.49. The third kappa shape index (κ3) is 2.40. The van der Waals surface area contributed by atoms with Crippen LogP contribution in [0.2, 0.25) is 0 Å². The van der Waals surface area contributed by atoms with E-state index in [0.717, 1.165) is 25.1 Å². The summed E-state index contributed by atoms with van der Waals surface area (Å²) in [7, 11) is 0. The Kier molecular flexibility index (Phi) is 2.76. The Morgan fingerprint density at radius 2 is 2.33 bits per heavy atom. The molecule has 0 spiro atoms. The second-order valence-electron chi connectivity index (χ2n) is 3.76. The molecule has 1 fully saturated rings. The molecule has 4 N–H and O–H groups in total. The van der Waals surface area contributed by atoms with Crippen LogP contribution in [0.15, 0.2) is 24.3 Å². The Hall–Kier alpha value is -1.71. The molecule has 15 heavy (non-hydrogen) atoms. The third-order valence-electron chi connectivity index (χ3n) is 2.51. The molecule has 2 rings (SSSR count). The number of anilines is 2. The number of amides is 1. The number of carbonyl (C=O) groups is 1. The lowest BCUT2D eigenvalue weighted by Gasteiger charge is -2.23. The molecule has 0 bridgehead atoms. The number of rotatable bonds is 2. The largest absolute Gasteiger partial charge is 0.399 e. The SMILES string of the molecule is Nc1cccc(NC2CCCNC2=O)c1. The number of hydrogen-bond acceptors (Lipinski definition) is 3.